The van der Waals surface area contributed by atoms with E-state index in [2.05, 4.69) is 49.6 Å². The molecule has 0 spiro atoms. The largest absolute Gasteiger partial charge is 0.350 e. The van der Waals surface area contributed by atoms with Crippen molar-refractivity contribution in [3.8, 4) is 0 Å². The lowest BCUT2D eigenvalue weighted by Crippen LogP contribution is -2.45. The third-order valence-electron chi connectivity index (χ3n) is 2.98. The molecule has 0 aliphatic carbocycles. The predicted molar refractivity (Wildman–Crippen MR) is 80.2 cm³/mol. The smallest absolute Gasteiger partial charge is 0.234 e. The van der Waals surface area contributed by atoms with E-state index in [0.717, 1.165) is 0 Å². The Hall–Kier alpha value is -1.35. The molecule has 0 aliphatic heterocycles. The average Bonchev–Trinajstić information content (AvgIpc) is 2.27. The molecule has 106 valence electrons. The van der Waals surface area contributed by atoms with E-state index in [0.29, 0.717) is 6.54 Å². The normalized spacial score (nSPS) is 13.2. The molecule has 1 amide bonds. The Labute approximate surface area is 116 Å². The Balaban J connectivity index is 2.58. The molecule has 1 aromatic carbocycles. The molecule has 0 aliphatic rings. The number of rotatable bonds is 4. The first-order valence-electron chi connectivity index (χ1n) is 6.80. The van der Waals surface area contributed by atoms with Crippen LogP contribution in [0.5, 0.6) is 0 Å². The monoisotopic (exact) mass is 262 g/mol. The minimum absolute atomic E-state index is 0.0321. The molecule has 1 rings (SSSR count). The Bertz CT molecular complexity index is 447. The Morgan fingerprint density at radius 3 is 2.47 bits per heavy atom. The number of benzene rings is 1. The van der Waals surface area contributed by atoms with Crippen LogP contribution in [-0.4, -0.2) is 18.0 Å². The summed E-state index contributed by atoms with van der Waals surface area (Å²) in [5, 5.41) is 6.23. The fourth-order valence-corrected chi connectivity index (χ4v) is 2.04. The highest BCUT2D eigenvalue weighted by atomic mass is 16.2. The summed E-state index contributed by atoms with van der Waals surface area (Å²) in [6, 6.07) is 6.58. The molecule has 1 aromatic rings. The summed E-state index contributed by atoms with van der Waals surface area (Å²) in [7, 11) is 0. The zero-order valence-corrected chi connectivity index (χ0v) is 12.9. The van der Waals surface area contributed by atoms with Gasteiger partial charge in [-0.3, -0.25) is 4.79 Å². The van der Waals surface area contributed by atoms with Crippen LogP contribution in [-0.2, 0) is 4.79 Å². The Morgan fingerprint density at radius 1 is 1.26 bits per heavy atom. The van der Waals surface area contributed by atoms with Crippen molar-refractivity contribution in [2.24, 2.45) is 0 Å². The third kappa shape index (κ3) is 5.43. The molecule has 2 N–H and O–H groups in total. The summed E-state index contributed by atoms with van der Waals surface area (Å²) in [6.45, 7) is 12.6. The van der Waals surface area contributed by atoms with Crippen LogP contribution in [0.15, 0.2) is 18.2 Å². The van der Waals surface area contributed by atoms with Crippen LogP contribution in [0, 0.1) is 13.8 Å². The topological polar surface area (TPSA) is 41.1 Å². The highest BCUT2D eigenvalue weighted by Crippen LogP contribution is 2.18. The number of nitrogens with one attached hydrogen (secondary N) is 2. The average molecular weight is 262 g/mol. The number of carbonyl (C=O) groups is 1. The van der Waals surface area contributed by atoms with Gasteiger partial charge in [-0.05, 0) is 52.7 Å². The minimum Gasteiger partial charge on any atom is -0.350 e. The highest BCUT2D eigenvalue weighted by molar-refractivity contribution is 5.78. The van der Waals surface area contributed by atoms with Crippen LogP contribution in [0.25, 0.3) is 0 Å². The van der Waals surface area contributed by atoms with Gasteiger partial charge in [-0.1, -0.05) is 23.8 Å². The van der Waals surface area contributed by atoms with E-state index in [-0.39, 0.29) is 17.5 Å². The number of hydrogen-bond donors (Lipinski definition) is 2. The quantitative estimate of drug-likeness (QED) is 0.876. The van der Waals surface area contributed by atoms with Gasteiger partial charge in [0.2, 0.25) is 5.91 Å². The maximum absolute atomic E-state index is 11.8. The fraction of sp³-hybridized carbons (Fsp3) is 0.562. The lowest BCUT2D eigenvalue weighted by Gasteiger charge is -2.22. The first-order valence-corrected chi connectivity index (χ1v) is 6.80. The standard InChI is InChI=1S/C16H26N2O/c1-11-7-8-12(2)14(9-11)13(3)17-10-15(19)18-16(4,5)6/h7-9,13,17H,10H2,1-6H3,(H,18,19). The lowest BCUT2D eigenvalue weighted by atomic mass is 10.00. The molecule has 0 aromatic heterocycles. The van der Waals surface area contributed by atoms with Gasteiger partial charge in [0.25, 0.3) is 0 Å². The van der Waals surface area contributed by atoms with Crippen molar-refractivity contribution in [1.29, 1.82) is 0 Å². The summed E-state index contributed by atoms with van der Waals surface area (Å²) in [5.74, 6) is 0.0321. The van der Waals surface area contributed by atoms with Crippen LogP contribution >= 0.6 is 0 Å². The van der Waals surface area contributed by atoms with Crippen molar-refractivity contribution < 1.29 is 4.79 Å². The van der Waals surface area contributed by atoms with Crippen LogP contribution in [0.2, 0.25) is 0 Å². The van der Waals surface area contributed by atoms with Gasteiger partial charge < -0.3 is 10.6 Å². The van der Waals surface area contributed by atoms with E-state index in [1.54, 1.807) is 0 Å². The zero-order valence-electron chi connectivity index (χ0n) is 12.9. The van der Waals surface area contributed by atoms with Crippen LogP contribution in [0.3, 0.4) is 0 Å². The maximum Gasteiger partial charge on any atom is 0.234 e. The number of hydrogen-bond acceptors (Lipinski definition) is 2. The SMILES string of the molecule is Cc1ccc(C)c(C(C)NCC(=O)NC(C)(C)C)c1. The molecule has 0 heterocycles. The fourth-order valence-electron chi connectivity index (χ4n) is 2.04. The molecule has 3 nitrogen and oxygen atoms in total. The van der Waals surface area contributed by atoms with E-state index < -0.39 is 0 Å². The van der Waals surface area contributed by atoms with Gasteiger partial charge in [0.1, 0.15) is 0 Å². The van der Waals surface area contributed by atoms with Crippen LogP contribution < -0.4 is 10.6 Å². The van der Waals surface area contributed by atoms with Crippen molar-refractivity contribution in [2.45, 2.75) is 53.1 Å². The highest BCUT2D eigenvalue weighted by Gasteiger charge is 2.15. The van der Waals surface area contributed by atoms with Gasteiger partial charge in [-0.15, -0.1) is 0 Å². The van der Waals surface area contributed by atoms with Gasteiger partial charge in [0, 0.05) is 11.6 Å². The predicted octanol–water partition coefficient (Wildman–Crippen LogP) is 2.87. The Morgan fingerprint density at radius 2 is 1.89 bits per heavy atom. The summed E-state index contributed by atoms with van der Waals surface area (Å²) in [4.78, 5) is 11.8. The first kappa shape index (κ1) is 15.7. The second kappa shape index (κ2) is 6.20. The van der Waals surface area contributed by atoms with E-state index in [1.807, 2.05) is 20.8 Å². The number of carbonyl (C=O) groups excluding carboxylic acids is 1. The third-order valence-corrected chi connectivity index (χ3v) is 2.98. The second-order valence-electron chi connectivity index (χ2n) is 6.26. The molecule has 1 atom stereocenters. The second-order valence-corrected chi connectivity index (χ2v) is 6.26. The van der Waals surface area contributed by atoms with Crippen molar-refractivity contribution in [2.75, 3.05) is 6.54 Å². The van der Waals surface area contributed by atoms with Crippen molar-refractivity contribution in [3.63, 3.8) is 0 Å². The molecule has 3 heteroatoms. The molecular weight excluding hydrogens is 236 g/mol. The molecule has 0 saturated carbocycles. The lowest BCUT2D eigenvalue weighted by molar-refractivity contribution is -0.121. The molecule has 0 bridgehead atoms. The molecule has 19 heavy (non-hydrogen) atoms. The number of amides is 1. The molecule has 0 saturated heterocycles. The van der Waals surface area contributed by atoms with Crippen LogP contribution in [0.4, 0.5) is 0 Å². The molecule has 1 unspecified atom stereocenters. The van der Waals surface area contributed by atoms with E-state index in [1.165, 1.54) is 16.7 Å². The molecule has 0 fully saturated rings. The van der Waals surface area contributed by atoms with Crippen molar-refractivity contribution in [3.05, 3.63) is 34.9 Å². The summed E-state index contributed by atoms with van der Waals surface area (Å²) >= 11 is 0. The van der Waals surface area contributed by atoms with Gasteiger partial charge in [-0.25, -0.2) is 0 Å². The van der Waals surface area contributed by atoms with Crippen molar-refractivity contribution >= 4 is 5.91 Å². The molecule has 0 radical (unpaired) electrons. The first-order chi connectivity index (χ1) is 8.69. The summed E-state index contributed by atoms with van der Waals surface area (Å²) in [5.41, 5.74) is 3.57. The van der Waals surface area contributed by atoms with E-state index in [4.69, 9.17) is 0 Å². The summed E-state index contributed by atoms with van der Waals surface area (Å²) < 4.78 is 0. The Kier molecular flexibility index (Phi) is 5.12. The summed E-state index contributed by atoms with van der Waals surface area (Å²) in [6.07, 6.45) is 0. The van der Waals surface area contributed by atoms with Crippen LogP contribution in [0.1, 0.15) is 50.4 Å². The van der Waals surface area contributed by atoms with E-state index >= 15 is 0 Å². The van der Waals surface area contributed by atoms with Gasteiger partial charge in [0.15, 0.2) is 0 Å². The van der Waals surface area contributed by atoms with Crippen molar-refractivity contribution in [1.82, 2.24) is 10.6 Å². The van der Waals surface area contributed by atoms with Gasteiger partial charge in [-0.2, -0.15) is 0 Å². The van der Waals surface area contributed by atoms with Gasteiger partial charge >= 0.3 is 0 Å². The van der Waals surface area contributed by atoms with E-state index in [9.17, 15) is 4.79 Å². The maximum atomic E-state index is 11.8. The van der Waals surface area contributed by atoms with Gasteiger partial charge in [0.05, 0.1) is 6.54 Å². The zero-order chi connectivity index (χ0) is 14.6. The molecular formula is C16H26N2O. The number of aryl methyl sites for hydroxylation is 2. The minimum atomic E-state index is -0.179.